The summed E-state index contributed by atoms with van der Waals surface area (Å²) in [5, 5.41) is 0.703. The molecule has 98 valence electrons. The number of benzene rings is 1. The zero-order valence-electron chi connectivity index (χ0n) is 10.3. The molecule has 3 nitrogen and oxygen atoms in total. The van der Waals surface area contributed by atoms with Gasteiger partial charge in [0.2, 0.25) is 0 Å². The van der Waals surface area contributed by atoms with E-state index >= 15 is 0 Å². The molecule has 0 aliphatic heterocycles. The van der Waals surface area contributed by atoms with Crippen LogP contribution in [0.15, 0.2) is 18.2 Å². The Hall–Kier alpha value is -0.770. The first-order valence-corrected chi connectivity index (χ1v) is 6.96. The minimum atomic E-state index is 0.561. The van der Waals surface area contributed by atoms with E-state index in [1.165, 1.54) is 0 Å². The third kappa shape index (κ3) is 2.97. The van der Waals surface area contributed by atoms with Gasteiger partial charge in [0.15, 0.2) is 0 Å². The highest BCUT2D eigenvalue weighted by molar-refractivity contribution is 6.31. The Bertz CT molecular complexity index is 525. The Morgan fingerprint density at radius 3 is 2.94 bits per heavy atom. The van der Waals surface area contributed by atoms with Gasteiger partial charge < -0.3 is 9.30 Å². The fourth-order valence-corrected chi connectivity index (χ4v) is 2.31. The van der Waals surface area contributed by atoms with Gasteiger partial charge in [-0.15, -0.1) is 11.6 Å². The second-order valence-electron chi connectivity index (χ2n) is 3.95. The van der Waals surface area contributed by atoms with Crippen molar-refractivity contribution < 1.29 is 4.74 Å². The summed E-state index contributed by atoms with van der Waals surface area (Å²) in [5.41, 5.74) is 2.00. The van der Waals surface area contributed by atoms with Crippen molar-refractivity contribution >= 4 is 34.2 Å². The van der Waals surface area contributed by atoms with Crippen molar-refractivity contribution in [3.63, 3.8) is 0 Å². The van der Waals surface area contributed by atoms with Crippen molar-refractivity contribution in [2.75, 3.05) is 19.1 Å². The molecular formula is C13H16Cl2N2O. The quantitative estimate of drug-likeness (QED) is 0.600. The van der Waals surface area contributed by atoms with E-state index in [1.54, 1.807) is 0 Å². The van der Waals surface area contributed by atoms with Gasteiger partial charge in [-0.3, -0.25) is 0 Å². The molecule has 5 heteroatoms. The van der Waals surface area contributed by atoms with Gasteiger partial charge in [-0.05, 0) is 25.1 Å². The number of aromatic nitrogens is 2. The predicted molar refractivity (Wildman–Crippen MR) is 75.7 cm³/mol. The maximum absolute atomic E-state index is 5.98. The molecule has 1 aromatic heterocycles. The number of nitrogens with zero attached hydrogens (tertiary/aromatic N) is 2. The van der Waals surface area contributed by atoms with Gasteiger partial charge in [-0.1, -0.05) is 11.6 Å². The van der Waals surface area contributed by atoms with Gasteiger partial charge in [0, 0.05) is 30.5 Å². The molecule has 0 atom stereocenters. The smallest absolute Gasteiger partial charge is 0.111 e. The van der Waals surface area contributed by atoms with E-state index in [0.717, 1.165) is 36.4 Å². The summed E-state index contributed by atoms with van der Waals surface area (Å²) < 4.78 is 7.56. The standard InChI is InChI=1S/C13H16Cl2N2O/c1-2-18-8-7-17-12-4-3-10(15)9-11(12)16-13(17)5-6-14/h3-4,9H,2,5-8H2,1H3. The molecule has 0 amide bonds. The van der Waals surface area contributed by atoms with Gasteiger partial charge in [0.1, 0.15) is 5.82 Å². The summed E-state index contributed by atoms with van der Waals surface area (Å²) in [6.07, 6.45) is 0.750. The Kier molecular flexibility index (Phi) is 4.87. The topological polar surface area (TPSA) is 27.1 Å². The van der Waals surface area contributed by atoms with E-state index in [9.17, 15) is 0 Å². The molecule has 0 fully saturated rings. The molecule has 0 aliphatic rings. The molecule has 2 rings (SSSR count). The SMILES string of the molecule is CCOCCn1c(CCCl)nc2cc(Cl)ccc21. The number of alkyl halides is 1. The summed E-state index contributed by atoms with van der Waals surface area (Å²) in [6, 6.07) is 5.76. The van der Waals surface area contributed by atoms with Crippen LogP contribution < -0.4 is 0 Å². The molecule has 2 aromatic rings. The maximum atomic E-state index is 5.98. The van der Waals surface area contributed by atoms with Gasteiger partial charge in [-0.25, -0.2) is 4.98 Å². The van der Waals surface area contributed by atoms with Crippen LogP contribution in [-0.4, -0.2) is 28.6 Å². The van der Waals surface area contributed by atoms with Crippen LogP contribution in [0.2, 0.25) is 5.02 Å². The zero-order chi connectivity index (χ0) is 13.0. The average Bonchev–Trinajstić information content (AvgIpc) is 2.67. The van der Waals surface area contributed by atoms with E-state index in [4.69, 9.17) is 27.9 Å². The van der Waals surface area contributed by atoms with Crippen molar-refractivity contribution in [2.45, 2.75) is 19.9 Å². The zero-order valence-corrected chi connectivity index (χ0v) is 11.8. The van der Waals surface area contributed by atoms with Crippen molar-refractivity contribution in [3.8, 4) is 0 Å². The lowest BCUT2D eigenvalue weighted by atomic mass is 10.3. The Morgan fingerprint density at radius 1 is 1.39 bits per heavy atom. The summed E-state index contributed by atoms with van der Waals surface area (Å²) in [4.78, 5) is 4.58. The highest BCUT2D eigenvalue weighted by Gasteiger charge is 2.10. The minimum Gasteiger partial charge on any atom is -0.380 e. The van der Waals surface area contributed by atoms with E-state index in [0.29, 0.717) is 17.5 Å². The van der Waals surface area contributed by atoms with Crippen LogP contribution in [0.5, 0.6) is 0 Å². The summed E-state index contributed by atoms with van der Waals surface area (Å²) >= 11 is 11.8. The lowest BCUT2D eigenvalue weighted by Gasteiger charge is -2.08. The molecule has 0 saturated carbocycles. The van der Waals surface area contributed by atoms with Crippen molar-refractivity contribution in [1.29, 1.82) is 0 Å². The van der Waals surface area contributed by atoms with Crippen LogP contribution in [0.1, 0.15) is 12.7 Å². The average molecular weight is 287 g/mol. The molecule has 1 aromatic carbocycles. The molecule has 1 heterocycles. The third-order valence-corrected chi connectivity index (χ3v) is 3.19. The van der Waals surface area contributed by atoms with Crippen LogP contribution in [-0.2, 0) is 17.7 Å². The molecule has 0 aliphatic carbocycles. The van der Waals surface area contributed by atoms with Gasteiger partial charge in [-0.2, -0.15) is 0 Å². The second-order valence-corrected chi connectivity index (χ2v) is 4.76. The third-order valence-electron chi connectivity index (χ3n) is 2.77. The number of rotatable bonds is 6. The first kappa shape index (κ1) is 13.7. The van der Waals surface area contributed by atoms with Gasteiger partial charge >= 0.3 is 0 Å². The number of fused-ring (bicyclic) bond motifs is 1. The molecule has 0 unspecified atom stereocenters. The largest absolute Gasteiger partial charge is 0.380 e. The molecule has 18 heavy (non-hydrogen) atoms. The fraction of sp³-hybridized carbons (Fsp3) is 0.462. The molecule has 0 bridgehead atoms. The lowest BCUT2D eigenvalue weighted by Crippen LogP contribution is -2.09. The van der Waals surface area contributed by atoms with Crippen LogP contribution >= 0.6 is 23.2 Å². The van der Waals surface area contributed by atoms with E-state index in [2.05, 4.69) is 9.55 Å². The molecule has 0 radical (unpaired) electrons. The number of imidazole rings is 1. The predicted octanol–water partition coefficient (Wildman–Crippen LogP) is 3.51. The van der Waals surface area contributed by atoms with E-state index < -0.39 is 0 Å². The fourth-order valence-electron chi connectivity index (χ4n) is 1.98. The summed E-state index contributed by atoms with van der Waals surface area (Å²) in [7, 11) is 0. The number of hydrogen-bond acceptors (Lipinski definition) is 2. The number of aryl methyl sites for hydroxylation is 1. The Labute approximate surface area is 117 Å². The van der Waals surface area contributed by atoms with Crippen molar-refractivity contribution in [1.82, 2.24) is 9.55 Å². The Balaban J connectivity index is 2.35. The van der Waals surface area contributed by atoms with Crippen LogP contribution in [0.4, 0.5) is 0 Å². The number of ether oxygens (including phenoxy) is 1. The highest BCUT2D eigenvalue weighted by atomic mass is 35.5. The number of halogens is 2. The van der Waals surface area contributed by atoms with E-state index in [1.807, 2.05) is 25.1 Å². The normalized spacial score (nSPS) is 11.3. The van der Waals surface area contributed by atoms with Crippen LogP contribution in [0, 0.1) is 0 Å². The highest BCUT2D eigenvalue weighted by Crippen LogP contribution is 2.21. The maximum Gasteiger partial charge on any atom is 0.111 e. The van der Waals surface area contributed by atoms with Crippen molar-refractivity contribution in [2.24, 2.45) is 0 Å². The van der Waals surface area contributed by atoms with E-state index in [-0.39, 0.29) is 0 Å². The first-order chi connectivity index (χ1) is 8.76. The number of hydrogen-bond donors (Lipinski definition) is 0. The summed E-state index contributed by atoms with van der Waals surface area (Å²) in [6.45, 7) is 4.19. The van der Waals surface area contributed by atoms with Crippen molar-refractivity contribution in [3.05, 3.63) is 29.0 Å². The van der Waals surface area contributed by atoms with Crippen LogP contribution in [0.3, 0.4) is 0 Å². The van der Waals surface area contributed by atoms with Gasteiger partial charge in [0.05, 0.1) is 17.6 Å². The monoisotopic (exact) mass is 286 g/mol. The van der Waals surface area contributed by atoms with Crippen LogP contribution in [0.25, 0.3) is 11.0 Å². The summed E-state index contributed by atoms with van der Waals surface area (Å²) in [5.74, 6) is 1.55. The minimum absolute atomic E-state index is 0.561. The molecule has 0 N–H and O–H groups in total. The molecule has 0 saturated heterocycles. The first-order valence-electron chi connectivity index (χ1n) is 6.04. The van der Waals surface area contributed by atoms with Gasteiger partial charge in [0.25, 0.3) is 0 Å². The second kappa shape index (κ2) is 6.41. The molecule has 0 spiro atoms. The molecular weight excluding hydrogens is 271 g/mol. The lowest BCUT2D eigenvalue weighted by molar-refractivity contribution is 0.139. The Morgan fingerprint density at radius 2 is 2.22 bits per heavy atom.